The summed E-state index contributed by atoms with van der Waals surface area (Å²) < 4.78 is 0. The molecule has 0 radical (unpaired) electrons. The Morgan fingerprint density at radius 2 is 1.48 bits per heavy atom. The number of rotatable bonds is 5. The van der Waals surface area contributed by atoms with E-state index in [0.717, 1.165) is 42.5 Å². The van der Waals surface area contributed by atoms with Gasteiger partial charge in [-0.1, -0.05) is 42.0 Å². The molecule has 142 valence electrons. The predicted molar refractivity (Wildman–Crippen MR) is 108 cm³/mol. The fourth-order valence-corrected chi connectivity index (χ4v) is 3.62. The van der Waals surface area contributed by atoms with E-state index in [4.69, 9.17) is 0 Å². The van der Waals surface area contributed by atoms with Crippen molar-refractivity contribution in [1.82, 2.24) is 5.32 Å². The van der Waals surface area contributed by atoms with Crippen LogP contribution in [-0.4, -0.2) is 11.8 Å². The molecule has 0 unspecified atom stereocenters. The molecule has 3 rings (SSSR count). The van der Waals surface area contributed by atoms with Crippen molar-refractivity contribution in [3.05, 3.63) is 65.2 Å². The van der Waals surface area contributed by atoms with Crippen LogP contribution >= 0.6 is 0 Å². The van der Waals surface area contributed by atoms with Gasteiger partial charge in [-0.3, -0.25) is 9.59 Å². The summed E-state index contributed by atoms with van der Waals surface area (Å²) in [4.78, 5) is 24.9. The van der Waals surface area contributed by atoms with Crippen LogP contribution in [0.15, 0.2) is 48.5 Å². The van der Waals surface area contributed by atoms with Gasteiger partial charge in [-0.25, -0.2) is 0 Å². The maximum Gasteiger partial charge on any atom is 0.227 e. The molecule has 0 spiro atoms. The van der Waals surface area contributed by atoms with Crippen molar-refractivity contribution in [2.45, 2.75) is 46.1 Å². The normalized spacial score (nSPS) is 19.3. The highest BCUT2D eigenvalue weighted by atomic mass is 16.2. The third-order valence-electron chi connectivity index (χ3n) is 5.34. The van der Waals surface area contributed by atoms with E-state index in [2.05, 4.69) is 29.7 Å². The summed E-state index contributed by atoms with van der Waals surface area (Å²) in [5.74, 6) is 0.178. The van der Waals surface area contributed by atoms with Gasteiger partial charge in [0.2, 0.25) is 11.8 Å². The molecule has 4 heteroatoms. The molecule has 1 aliphatic rings. The van der Waals surface area contributed by atoms with Crippen molar-refractivity contribution in [3.8, 4) is 0 Å². The van der Waals surface area contributed by atoms with Crippen molar-refractivity contribution in [2.24, 2.45) is 11.8 Å². The fourth-order valence-electron chi connectivity index (χ4n) is 3.62. The predicted octanol–water partition coefficient (Wildman–Crippen LogP) is 4.36. The zero-order chi connectivity index (χ0) is 19.2. The van der Waals surface area contributed by atoms with Crippen LogP contribution in [0.2, 0.25) is 0 Å². The lowest BCUT2D eigenvalue weighted by molar-refractivity contribution is -0.128. The molecule has 1 fully saturated rings. The minimum atomic E-state index is -0.00772. The number of carbonyl (C=O) groups is 2. The minimum Gasteiger partial charge on any atom is -0.352 e. The number of benzene rings is 2. The maximum atomic E-state index is 12.5. The number of amides is 2. The van der Waals surface area contributed by atoms with E-state index in [1.165, 1.54) is 5.56 Å². The summed E-state index contributed by atoms with van der Waals surface area (Å²) in [7, 11) is 0. The molecule has 0 aliphatic heterocycles. The number of anilines is 1. The van der Waals surface area contributed by atoms with Crippen LogP contribution in [0.4, 0.5) is 5.69 Å². The molecule has 1 aliphatic carbocycles. The zero-order valence-corrected chi connectivity index (χ0v) is 16.1. The summed E-state index contributed by atoms with van der Waals surface area (Å²) in [6.07, 6.45) is 3.07. The average Bonchev–Trinajstić information content (AvgIpc) is 2.67. The van der Waals surface area contributed by atoms with Gasteiger partial charge in [-0.2, -0.15) is 0 Å². The SMILES string of the molecule is Cc1ccc(CNC(=O)C2CCC(C(=O)Nc3cccc(C)c3)CC2)cc1. The molecule has 0 atom stereocenters. The average molecular weight is 364 g/mol. The van der Waals surface area contributed by atoms with Gasteiger partial charge in [0, 0.05) is 24.1 Å². The smallest absolute Gasteiger partial charge is 0.227 e. The lowest BCUT2D eigenvalue weighted by atomic mass is 9.81. The van der Waals surface area contributed by atoms with E-state index in [9.17, 15) is 9.59 Å². The lowest BCUT2D eigenvalue weighted by Crippen LogP contribution is -2.35. The van der Waals surface area contributed by atoms with Gasteiger partial charge in [0.05, 0.1) is 0 Å². The van der Waals surface area contributed by atoms with E-state index in [0.29, 0.717) is 6.54 Å². The molecule has 2 N–H and O–H groups in total. The van der Waals surface area contributed by atoms with Gasteiger partial charge in [0.1, 0.15) is 0 Å². The number of carbonyl (C=O) groups excluding carboxylic acids is 2. The van der Waals surface area contributed by atoms with Crippen molar-refractivity contribution in [1.29, 1.82) is 0 Å². The van der Waals surface area contributed by atoms with Crippen molar-refractivity contribution in [2.75, 3.05) is 5.32 Å². The van der Waals surface area contributed by atoms with Gasteiger partial charge in [-0.15, -0.1) is 0 Å². The van der Waals surface area contributed by atoms with Crippen LogP contribution < -0.4 is 10.6 Å². The summed E-state index contributed by atoms with van der Waals surface area (Å²) in [6, 6.07) is 16.0. The molecule has 2 amide bonds. The molecule has 0 saturated heterocycles. The summed E-state index contributed by atoms with van der Waals surface area (Å²) in [5.41, 5.74) is 4.30. The van der Waals surface area contributed by atoms with Crippen LogP contribution in [0.3, 0.4) is 0 Å². The Balaban J connectivity index is 1.44. The van der Waals surface area contributed by atoms with Crippen molar-refractivity contribution >= 4 is 17.5 Å². The monoisotopic (exact) mass is 364 g/mol. The molecule has 0 heterocycles. The van der Waals surface area contributed by atoms with E-state index >= 15 is 0 Å². The van der Waals surface area contributed by atoms with Crippen molar-refractivity contribution in [3.63, 3.8) is 0 Å². The number of hydrogen-bond acceptors (Lipinski definition) is 2. The highest BCUT2D eigenvalue weighted by molar-refractivity contribution is 5.92. The van der Waals surface area contributed by atoms with Crippen LogP contribution in [0.5, 0.6) is 0 Å². The Labute approximate surface area is 161 Å². The number of nitrogens with one attached hydrogen (secondary N) is 2. The lowest BCUT2D eigenvalue weighted by Gasteiger charge is -2.27. The topological polar surface area (TPSA) is 58.2 Å². The van der Waals surface area contributed by atoms with Gasteiger partial charge >= 0.3 is 0 Å². The fraction of sp³-hybridized carbons (Fsp3) is 0.391. The molecule has 0 aromatic heterocycles. The highest BCUT2D eigenvalue weighted by Crippen LogP contribution is 2.30. The second-order valence-electron chi connectivity index (χ2n) is 7.61. The van der Waals surface area contributed by atoms with E-state index in [-0.39, 0.29) is 23.7 Å². The van der Waals surface area contributed by atoms with Crippen molar-refractivity contribution < 1.29 is 9.59 Å². The van der Waals surface area contributed by atoms with E-state index < -0.39 is 0 Å². The third kappa shape index (κ3) is 5.43. The Hall–Kier alpha value is -2.62. The van der Waals surface area contributed by atoms with Crippen LogP contribution in [0, 0.1) is 25.7 Å². The molecule has 27 heavy (non-hydrogen) atoms. The third-order valence-corrected chi connectivity index (χ3v) is 5.34. The van der Waals surface area contributed by atoms with Gasteiger partial charge < -0.3 is 10.6 Å². The standard InChI is InChI=1S/C23H28N2O2/c1-16-6-8-18(9-7-16)15-24-22(26)19-10-12-20(13-11-19)23(27)25-21-5-3-4-17(2)14-21/h3-9,14,19-20H,10-13,15H2,1-2H3,(H,24,26)(H,25,27). The molecular formula is C23H28N2O2. The van der Waals surface area contributed by atoms with Crippen LogP contribution in [0.1, 0.15) is 42.4 Å². The quantitative estimate of drug-likeness (QED) is 0.828. The van der Waals surface area contributed by atoms with Gasteiger partial charge in [0.15, 0.2) is 0 Å². The Kier molecular flexibility index (Phi) is 6.28. The molecule has 2 aromatic rings. The minimum absolute atomic E-state index is 0.00772. The highest BCUT2D eigenvalue weighted by Gasteiger charge is 2.29. The number of aryl methyl sites for hydroxylation is 2. The van der Waals surface area contributed by atoms with Gasteiger partial charge in [0.25, 0.3) is 0 Å². The maximum absolute atomic E-state index is 12.5. The molecule has 0 bridgehead atoms. The Morgan fingerprint density at radius 1 is 0.852 bits per heavy atom. The molecule has 2 aromatic carbocycles. The molecule has 1 saturated carbocycles. The summed E-state index contributed by atoms with van der Waals surface area (Å²) >= 11 is 0. The first-order chi connectivity index (χ1) is 13.0. The molecule has 4 nitrogen and oxygen atoms in total. The summed E-state index contributed by atoms with van der Waals surface area (Å²) in [6.45, 7) is 4.62. The zero-order valence-electron chi connectivity index (χ0n) is 16.1. The van der Waals surface area contributed by atoms with Crippen LogP contribution in [-0.2, 0) is 16.1 Å². The first-order valence-electron chi connectivity index (χ1n) is 9.72. The van der Waals surface area contributed by atoms with Gasteiger partial charge in [-0.05, 0) is 62.8 Å². The largest absolute Gasteiger partial charge is 0.352 e. The molecular weight excluding hydrogens is 336 g/mol. The second kappa shape index (κ2) is 8.85. The summed E-state index contributed by atoms with van der Waals surface area (Å²) in [5, 5.41) is 6.05. The Bertz CT molecular complexity index is 790. The van der Waals surface area contributed by atoms with E-state index in [1.807, 2.05) is 43.3 Å². The van der Waals surface area contributed by atoms with E-state index in [1.54, 1.807) is 0 Å². The number of hydrogen-bond donors (Lipinski definition) is 2. The second-order valence-corrected chi connectivity index (χ2v) is 7.61. The van der Waals surface area contributed by atoms with Crippen LogP contribution in [0.25, 0.3) is 0 Å². The first kappa shape index (κ1) is 19.2. The first-order valence-corrected chi connectivity index (χ1v) is 9.72. The Morgan fingerprint density at radius 3 is 2.11 bits per heavy atom.